The van der Waals surface area contributed by atoms with Gasteiger partial charge in [-0.2, -0.15) is 0 Å². The third-order valence-corrected chi connectivity index (χ3v) is 8.49. The van der Waals surface area contributed by atoms with Crippen molar-refractivity contribution >= 4 is 17.9 Å². The molecular weight excluding hydrogens is 661 g/mol. The van der Waals surface area contributed by atoms with Crippen LogP contribution in [0.15, 0.2) is 85.1 Å². The van der Waals surface area contributed by atoms with E-state index in [-0.39, 0.29) is 37.5 Å². The van der Waals surface area contributed by atoms with Gasteiger partial charge in [-0.3, -0.25) is 14.4 Å². The molecule has 0 aliphatic rings. The first kappa shape index (κ1) is 49.6. The Labute approximate surface area is 325 Å². The molecule has 0 aliphatic carbocycles. The molecule has 0 N–H and O–H groups in total. The summed E-state index contributed by atoms with van der Waals surface area (Å²) in [6, 6.07) is 0. The van der Waals surface area contributed by atoms with E-state index in [0.29, 0.717) is 19.3 Å². The minimum Gasteiger partial charge on any atom is -0.462 e. The summed E-state index contributed by atoms with van der Waals surface area (Å²) in [4.78, 5) is 37.6. The molecule has 6 heteroatoms. The van der Waals surface area contributed by atoms with Gasteiger partial charge in [-0.1, -0.05) is 176 Å². The fourth-order valence-electron chi connectivity index (χ4n) is 5.36. The highest BCUT2D eigenvalue weighted by Gasteiger charge is 2.19. The van der Waals surface area contributed by atoms with Crippen molar-refractivity contribution < 1.29 is 28.6 Å². The molecule has 1 unspecified atom stereocenters. The van der Waals surface area contributed by atoms with Gasteiger partial charge in [0.25, 0.3) is 0 Å². The van der Waals surface area contributed by atoms with Gasteiger partial charge < -0.3 is 14.2 Å². The summed E-state index contributed by atoms with van der Waals surface area (Å²) in [6.07, 6.45) is 51.5. The number of ether oxygens (including phenoxy) is 3. The number of rotatable bonds is 36. The monoisotopic (exact) mass is 737 g/mol. The summed E-state index contributed by atoms with van der Waals surface area (Å²) in [7, 11) is 0. The van der Waals surface area contributed by atoms with Crippen molar-refractivity contribution in [3.8, 4) is 0 Å². The smallest absolute Gasteiger partial charge is 0.306 e. The van der Waals surface area contributed by atoms with E-state index < -0.39 is 6.10 Å². The van der Waals surface area contributed by atoms with Crippen LogP contribution < -0.4 is 0 Å². The Kier molecular flexibility index (Phi) is 38.7. The molecule has 0 bridgehead atoms. The average Bonchev–Trinajstić information content (AvgIpc) is 3.15. The van der Waals surface area contributed by atoms with Crippen LogP contribution in [-0.4, -0.2) is 37.2 Å². The molecule has 0 aliphatic heterocycles. The van der Waals surface area contributed by atoms with E-state index in [1.54, 1.807) is 0 Å². The first-order chi connectivity index (χ1) is 26.0. The minimum absolute atomic E-state index is 0.110. The molecule has 0 radical (unpaired) electrons. The summed E-state index contributed by atoms with van der Waals surface area (Å²) in [5, 5.41) is 0. The van der Waals surface area contributed by atoms with Gasteiger partial charge >= 0.3 is 17.9 Å². The molecule has 1 atom stereocenters. The van der Waals surface area contributed by atoms with Crippen LogP contribution in [0.5, 0.6) is 0 Å². The average molecular weight is 737 g/mol. The number of carbonyl (C=O) groups is 3. The maximum atomic E-state index is 12.6. The molecule has 300 valence electrons. The fourth-order valence-corrected chi connectivity index (χ4v) is 5.36. The van der Waals surface area contributed by atoms with E-state index in [1.165, 1.54) is 51.4 Å². The van der Waals surface area contributed by atoms with Crippen molar-refractivity contribution in [1.29, 1.82) is 0 Å². The SMILES string of the molecule is CC\C=C/C=C\C=C/C=C\CCCCCC(=O)OCC(COC(=O)CCCCCCCCCCCCC)OC(=O)CCC/C=C\C/C=C\C/C=C\CC. The van der Waals surface area contributed by atoms with Crippen molar-refractivity contribution in [3.05, 3.63) is 85.1 Å². The second-order valence-electron chi connectivity index (χ2n) is 13.6. The molecule has 0 heterocycles. The molecule has 0 amide bonds. The molecule has 0 aromatic heterocycles. The molecule has 0 saturated carbocycles. The summed E-state index contributed by atoms with van der Waals surface area (Å²) >= 11 is 0. The molecule has 0 fully saturated rings. The molecule has 53 heavy (non-hydrogen) atoms. The Balaban J connectivity index is 4.53. The molecule has 6 nitrogen and oxygen atoms in total. The Morgan fingerprint density at radius 2 is 0.849 bits per heavy atom. The highest BCUT2D eigenvalue weighted by molar-refractivity contribution is 5.71. The van der Waals surface area contributed by atoms with Crippen LogP contribution in [0, 0.1) is 0 Å². The van der Waals surface area contributed by atoms with Crippen molar-refractivity contribution in [2.75, 3.05) is 13.2 Å². The summed E-state index contributed by atoms with van der Waals surface area (Å²) in [5.41, 5.74) is 0. The van der Waals surface area contributed by atoms with Gasteiger partial charge in [-0.25, -0.2) is 0 Å². The van der Waals surface area contributed by atoms with Crippen LogP contribution in [0.1, 0.15) is 175 Å². The second-order valence-corrected chi connectivity index (χ2v) is 13.6. The molecule has 0 saturated heterocycles. The topological polar surface area (TPSA) is 78.9 Å². The third kappa shape index (κ3) is 39.6. The number of unbranched alkanes of at least 4 members (excludes halogenated alkanes) is 14. The lowest BCUT2D eigenvalue weighted by Crippen LogP contribution is -2.30. The predicted octanol–water partition coefficient (Wildman–Crippen LogP) is 13.3. The standard InChI is InChI=1S/C47H76O6/c1-4-7-10-13-16-19-22-23-26-28-31-34-37-40-46(49)52-43-44(53-47(50)41-38-35-32-29-25-21-18-15-12-9-6-3)42-51-45(48)39-36-33-30-27-24-20-17-14-11-8-5-2/h7,9-10,12-13,16,18-19,21-23,26,29,32,44H,4-6,8,11,14-15,17,20,24-25,27-28,30-31,33-43H2,1-3H3/b10-7-,12-9-,16-13-,21-18-,22-19-,26-23-,32-29-. The molecule has 0 spiro atoms. The number of carbonyl (C=O) groups excluding carboxylic acids is 3. The maximum absolute atomic E-state index is 12.6. The van der Waals surface area contributed by atoms with Crippen molar-refractivity contribution in [3.63, 3.8) is 0 Å². The Bertz CT molecular complexity index is 1080. The zero-order chi connectivity index (χ0) is 38.7. The van der Waals surface area contributed by atoms with Crippen LogP contribution in [0.4, 0.5) is 0 Å². The van der Waals surface area contributed by atoms with Crippen LogP contribution >= 0.6 is 0 Å². The van der Waals surface area contributed by atoms with Gasteiger partial charge in [-0.15, -0.1) is 0 Å². The Morgan fingerprint density at radius 1 is 0.415 bits per heavy atom. The zero-order valence-corrected chi connectivity index (χ0v) is 34.0. The quantitative estimate of drug-likeness (QED) is 0.0209. The predicted molar refractivity (Wildman–Crippen MR) is 224 cm³/mol. The van der Waals surface area contributed by atoms with Gasteiger partial charge in [-0.05, 0) is 64.2 Å². The lowest BCUT2D eigenvalue weighted by Gasteiger charge is -2.18. The first-order valence-corrected chi connectivity index (χ1v) is 21.1. The largest absolute Gasteiger partial charge is 0.462 e. The molecule has 0 rings (SSSR count). The van der Waals surface area contributed by atoms with E-state index in [4.69, 9.17) is 14.2 Å². The van der Waals surface area contributed by atoms with Crippen LogP contribution in [0.2, 0.25) is 0 Å². The van der Waals surface area contributed by atoms with Crippen molar-refractivity contribution in [1.82, 2.24) is 0 Å². The van der Waals surface area contributed by atoms with E-state index in [2.05, 4.69) is 69.4 Å². The maximum Gasteiger partial charge on any atom is 0.306 e. The van der Waals surface area contributed by atoms with Crippen molar-refractivity contribution in [2.24, 2.45) is 0 Å². The highest BCUT2D eigenvalue weighted by Crippen LogP contribution is 2.13. The summed E-state index contributed by atoms with van der Waals surface area (Å²) in [6.45, 7) is 6.25. The fraction of sp³-hybridized carbons (Fsp3) is 0.638. The Hall–Kier alpha value is -3.41. The second kappa shape index (κ2) is 41.3. The number of allylic oxidation sites excluding steroid dienone is 14. The van der Waals surface area contributed by atoms with Crippen LogP contribution in [0.25, 0.3) is 0 Å². The summed E-state index contributed by atoms with van der Waals surface area (Å²) < 4.78 is 16.6. The third-order valence-electron chi connectivity index (χ3n) is 8.49. The lowest BCUT2D eigenvalue weighted by atomic mass is 10.1. The van der Waals surface area contributed by atoms with Crippen LogP contribution in [-0.2, 0) is 28.6 Å². The van der Waals surface area contributed by atoms with Gasteiger partial charge in [0.1, 0.15) is 13.2 Å². The van der Waals surface area contributed by atoms with Crippen LogP contribution in [0.3, 0.4) is 0 Å². The number of esters is 3. The van der Waals surface area contributed by atoms with E-state index >= 15 is 0 Å². The van der Waals surface area contributed by atoms with Gasteiger partial charge in [0.15, 0.2) is 6.10 Å². The van der Waals surface area contributed by atoms with Crippen molar-refractivity contribution in [2.45, 2.75) is 181 Å². The number of hydrogen-bond acceptors (Lipinski definition) is 6. The van der Waals surface area contributed by atoms with E-state index in [1.807, 2.05) is 36.5 Å². The lowest BCUT2D eigenvalue weighted by molar-refractivity contribution is -0.167. The molecular formula is C47H76O6. The normalized spacial score (nSPS) is 12.9. The molecule has 0 aromatic rings. The van der Waals surface area contributed by atoms with E-state index in [9.17, 15) is 14.4 Å². The summed E-state index contributed by atoms with van der Waals surface area (Å²) in [5.74, 6) is -1.02. The number of hydrogen-bond donors (Lipinski definition) is 0. The molecule has 0 aromatic carbocycles. The van der Waals surface area contributed by atoms with Gasteiger partial charge in [0.05, 0.1) is 0 Å². The van der Waals surface area contributed by atoms with E-state index in [0.717, 1.165) is 77.0 Å². The Morgan fingerprint density at radius 3 is 1.42 bits per heavy atom. The van der Waals surface area contributed by atoms with Gasteiger partial charge in [0.2, 0.25) is 0 Å². The first-order valence-electron chi connectivity index (χ1n) is 21.1. The van der Waals surface area contributed by atoms with Gasteiger partial charge in [0, 0.05) is 19.3 Å². The highest BCUT2D eigenvalue weighted by atomic mass is 16.6. The minimum atomic E-state index is -0.814. The zero-order valence-electron chi connectivity index (χ0n) is 34.0.